The number of anilines is 1. The molecule has 2 aromatic carbocycles. The topological polar surface area (TPSA) is 41.6 Å². The molecule has 0 spiro atoms. The van der Waals surface area contributed by atoms with Crippen LogP contribution in [-0.4, -0.2) is 37.1 Å². The average Bonchev–Trinajstić information content (AvgIpc) is 2.80. The zero-order valence-electron chi connectivity index (χ0n) is 19.4. The lowest BCUT2D eigenvalue weighted by Crippen LogP contribution is -2.42. The Morgan fingerprint density at radius 3 is 2.32 bits per heavy atom. The van der Waals surface area contributed by atoms with Crippen molar-refractivity contribution in [1.29, 1.82) is 0 Å². The second-order valence-corrected chi connectivity index (χ2v) is 9.24. The van der Waals surface area contributed by atoms with E-state index in [0.717, 1.165) is 45.0 Å². The van der Waals surface area contributed by atoms with Crippen LogP contribution >= 0.6 is 0 Å². The number of benzene rings is 2. The highest BCUT2D eigenvalue weighted by Gasteiger charge is 2.34. The lowest BCUT2D eigenvalue weighted by molar-refractivity contribution is -0.118. The molecule has 168 valence electrons. The lowest BCUT2D eigenvalue weighted by atomic mass is 9.74. The fourth-order valence-corrected chi connectivity index (χ4v) is 4.26. The molecule has 0 bridgehead atoms. The first-order valence-electron chi connectivity index (χ1n) is 11.7. The number of amides is 1. The third kappa shape index (κ3) is 7.19. The maximum Gasteiger partial charge on any atom is 0.226 e. The van der Waals surface area contributed by atoms with Crippen molar-refractivity contribution in [2.24, 2.45) is 11.3 Å². The molecule has 1 aliphatic rings. The molecule has 0 aliphatic carbocycles. The van der Waals surface area contributed by atoms with Gasteiger partial charge in [-0.2, -0.15) is 0 Å². The minimum Gasteiger partial charge on any atom is -0.381 e. The van der Waals surface area contributed by atoms with Crippen LogP contribution in [0.5, 0.6) is 0 Å². The van der Waals surface area contributed by atoms with Gasteiger partial charge in [-0.05, 0) is 74.4 Å². The summed E-state index contributed by atoms with van der Waals surface area (Å²) in [6.45, 7) is 10.7. The van der Waals surface area contributed by atoms with E-state index in [9.17, 15) is 4.79 Å². The Morgan fingerprint density at radius 1 is 1.03 bits per heavy atom. The summed E-state index contributed by atoms with van der Waals surface area (Å²) in [4.78, 5) is 14.4. The van der Waals surface area contributed by atoms with Crippen LogP contribution in [-0.2, 0) is 22.5 Å². The van der Waals surface area contributed by atoms with Gasteiger partial charge in [0.15, 0.2) is 0 Å². The van der Waals surface area contributed by atoms with Gasteiger partial charge in [0.2, 0.25) is 5.91 Å². The Labute approximate surface area is 188 Å². The van der Waals surface area contributed by atoms with Crippen LogP contribution in [0.3, 0.4) is 0 Å². The number of hydrogen-bond acceptors (Lipinski definition) is 3. The van der Waals surface area contributed by atoms with E-state index < -0.39 is 0 Å². The van der Waals surface area contributed by atoms with Crippen LogP contribution in [0.1, 0.15) is 51.2 Å². The van der Waals surface area contributed by atoms with Crippen LogP contribution in [0.2, 0.25) is 0 Å². The Balaban J connectivity index is 1.52. The maximum absolute atomic E-state index is 11.9. The van der Waals surface area contributed by atoms with Crippen molar-refractivity contribution < 1.29 is 9.53 Å². The monoisotopic (exact) mass is 422 g/mol. The Hall–Kier alpha value is -2.17. The highest BCUT2D eigenvalue weighted by atomic mass is 16.5. The molecule has 0 unspecified atom stereocenters. The number of ether oxygens (including phenoxy) is 1. The number of nitrogens with zero attached hydrogens (tertiary/aromatic N) is 1. The van der Waals surface area contributed by atoms with Crippen LogP contribution in [0, 0.1) is 11.3 Å². The summed E-state index contributed by atoms with van der Waals surface area (Å²) in [5, 5.41) is 2.96. The third-order valence-corrected chi connectivity index (χ3v) is 6.47. The number of likely N-dealkylation sites (tertiary alicyclic amines) is 1. The van der Waals surface area contributed by atoms with Gasteiger partial charge in [0.25, 0.3) is 0 Å². The second-order valence-electron chi connectivity index (χ2n) is 9.24. The third-order valence-electron chi connectivity index (χ3n) is 6.47. The van der Waals surface area contributed by atoms with Gasteiger partial charge < -0.3 is 10.1 Å². The zero-order valence-corrected chi connectivity index (χ0v) is 19.4. The van der Waals surface area contributed by atoms with E-state index in [1.54, 1.807) is 0 Å². The first-order chi connectivity index (χ1) is 15.0. The highest BCUT2D eigenvalue weighted by molar-refractivity contribution is 5.92. The molecule has 31 heavy (non-hydrogen) atoms. The number of aryl methyl sites for hydroxylation is 1. The van der Waals surface area contributed by atoms with Crippen molar-refractivity contribution in [1.82, 2.24) is 4.90 Å². The molecular weight excluding hydrogens is 384 g/mol. The van der Waals surface area contributed by atoms with Crippen LogP contribution in [0.15, 0.2) is 54.6 Å². The second kappa shape index (κ2) is 11.4. The molecular formula is C27H38N2O2. The number of rotatable bonds is 10. The molecule has 0 saturated carbocycles. The van der Waals surface area contributed by atoms with Crippen molar-refractivity contribution in [3.63, 3.8) is 0 Å². The minimum atomic E-state index is -0.00753. The maximum atomic E-state index is 11.9. The molecule has 1 aliphatic heterocycles. The molecule has 4 heteroatoms. The highest BCUT2D eigenvalue weighted by Crippen LogP contribution is 2.37. The summed E-state index contributed by atoms with van der Waals surface area (Å²) in [7, 11) is 0. The molecule has 4 nitrogen and oxygen atoms in total. The van der Waals surface area contributed by atoms with Gasteiger partial charge in [-0.15, -0.1) is 0 Å². The normalized spacial score (nSPS) is 16.4. The quantitative estimate of drug-likeness (QED) is 0.547. The number of carbonyl (C=O) groups is 1. The molecule has 0 radical (unpaired) electrons. The van der Waals surface area contributed by atoms with E-state index >= 15 is 0 Å². The molecule has 1 fully saturated rings. The summed E-state index contributed by atoms with van der Waals surface area (Å²) >= 11 is 0. The number of nitrogens with one attached hydrogen (secondary N) is 1. The summed E-state index contributed by atoms with van der Waals surface area (Å²) in [6, 6.07) is 19.1. The van der Waals surface area contributed by atoms with Gasteiger partial charge in [0.1, 0.15) is 0 Å². The lowest BCUT2D eigenvalue weighted by Gasteiger charge is -2.42. The fourth-order valence-electron chi connectivity index (χ4n) is 4.26. The van der Waals surface area contributed by atoms with Crippen molar-refractivity contribution in [2.45, 2.75) is 53.0 Å². The summed E-state index contributed by atoms with van der Waals surface area (Å²) in [5.41, 5.74) is 3.88. The van der Waals surface area contributed by atoms with Crippen LogP contribution < -0.4 is 5.32 Å². The fraction of sp³-hybridized carbons (Fsp3) is 0.519. The van der Waals surface area contributed by atoms with Crippen LogP contribution in [0.25, 0.3) is 0 Å². The molecule has 1 amide bonds. The van der Waals surface area contributed by atoms with Crippen molar-refractivity contribution in [3.8, 4) is 0 Å². The van der Waals surface area contributed by atoms with Crippen molar-refractivity contribution in [3.05, 3.63) is 65.7 Å². The van der Waals surface area contributed by atoms with E-state index in [4.69, 9.17) is 4.74 Å². The van der Waals surface area contributed by atoms with E-state index in [1.807, 2.05) is 26.0 Å². The molecule has 1 heterocycles. The largest absolute Gasteiger partial charge is 0.381 e. The summed E-state index contributed by atoms with van der Waals surface area (Å²) in [5.74, 6) is 0.0526. The molecule has 0 atom stereocenters. The number of piperidine rings is 1. The summed E-state index contributed by atoms with van der Waals surface area (Å²) < 4.78 is 5.93. The van der Waals surface area contributed by atoms with Crippen LogP contribution in [0.4, 0.5) is 5.69 Å². The van der Waals surface area contributed by atoms with Crippen molar-refractivity contribution >= 4 is 11.6 Å². The Morgan fingerprint density at radius 2 is 1.71 bits per heavy atom. The van der Waals surface area contributed by atoms with Gasteiger partial charge in [-0.3, -0.25) is 9.69 Å². The van der Waals surface area contributed by atoms with E-state index in [1.165, 1.54) is 30.4 Å². The van der Waals surface area contributed by atoms with E-state index in [-0.39, 0.29) is 17.2 Å². The molecule has 1 N–H and O–H groups in total. The average molecular weight is 423 g/mol. The number of hydrogen-bond donors (Lipinski definition) is 1. The first kappa shape index (κ1) is 23.5. The van der Waals surface area contributed by atoms with Gasteiger partial charge in [-0.25, -0.2) is 0 Å². The predicted molar refractivity (Wildman–Crippen MR) is 128 cm³/mol. The molecule has 2 aromatic rings. The van der Waals surface area contributed by atoms with E-state index in [2.05, 4.69) is 59.6 Å². The van der Waals surface area contributed by atoms with Gasteiger partial charge in [0.05, 0.1) is 6.61 Å². The van der Waals surface area contributed by atoms with Crippen molar-refractivity contribution in [2.75, 3.05) is 31.6 Å². The summed E-state index contributed by atoms with van der Waals surface area (Å²) in [6.07, 6.45) is 4.68. The SMILES string of the molecule is CCOCC1(CCc2ccccc2)CCN(Cc2ccc(NC(=O)C(C)C)cc2)CC1. The van der Waals surface area contributed by atoms with E-state index in [0.29, 0.717) is 0 Å². The predicted octanol–water partition coefficient (Wildman–Crippen LogP) is 5.53. The Bertz CT molecular complexity index is 794. The standard InChI is InChI=1S/C27H38N2O2/c1-4-31-21-27(15-14-23-8-6-5-7-9-23)16-18-29(19-17-27)20-24-10-12-25(13-11-24)28-26(30)22(2)3/h5-13,22H,4,14-21H2,1-3H3,(H,28,30). The molecule has 1 saturated heterocycles. The zero-order chi connectivity index (χ0) is 22.1. The number of carbonyl (C=O) groups excluding carboxylic acids is 1. The smallest absolute Gasteiger partial charge is 0.226 e. The minimum absolute atomic E-state index is 0.00753. The van der Waals surface area contributed by atoms with Gasteiger partial charge in [-0.1, -0.05) is 56.3 Å². The molecule has 3 rings (SSSR count). The molecule has 0 aromatic heterocycles. The Kier molecular flexibility index (Phi) is 8.68. The first-order valence-corrected chi connectivity index (χ1v) is 11.7. The van der Waals surface area contributed by atoms with Gasteiger partial charge in [0, 0.05) is 24.8 Å². The van der Waals surface area contributed by atoms with Gasteiger partial charge >= 0.3 is 0 Å².